The van der Waals surface area contributed by atoms with E-state index in [0.29, 0.717) is 24.7 Å². The Labute approximate surface area is 127 Å². The summed E-state index contributed by atoms with van der Waals surface area (Å²) in [6.45, 7) is 5.32. The van der Waals surface area contributed by atoms with Gasteiger partial charge < -0.3 is 19.3 Å². The second-order valence-electron chi connectivity index (χ2n) is 5.13. The van der Waals surface area contributed by atoms with Crippen molar-refractivity contribution in [2.75, 3.05) is 13.2 Å². The average molecular weight is 306 g/mol. The van der Waals surface area contributed by atoms with Crippen molar-refractivity contribution in [1.82, 2.24) is 20.3 Å². The zero-order valence-electron chi connectivity index (χ0n) is 12.5. The van der Waals surface area contributed by atoms with Crippen molar-refractivity contribution in [1.29, 1.82) is 0 Å². The summed E-state index contributed by atoms with van der Waals surface area (Å²) in [5.41, 5.74) is 0.252. The van der Waals surface area contributed by atoms with Crippen LogP contribution in [0.3, 0.4) is 0 Å². The standard InChI is InChI=1S/C14H18N4O4/c1-3-18-6-10(5-15-18)21-13-8-20-7-12(13)16-14(19)11-4-9(2)22-17-11/h4-6,12-13H,3,7-8H2,1-2H3,(H,16,19)/t12-,13+/m0/s1. The van der Waals surface area contributed by atoms with E-state index in [1.54, 1.807) is 23.9 Å². The van der Waals surface area contributed by atoms with Crippen molar-refractivity contribution in [3.63, 3.8) is 0 Å². The molecule has 22 heavy (non-hydrogen) atoms. The normalized spacial score (nSPS) is 21.0. The van der Waals surface area contributed by atoms with E-state index in [-0.39, 0.29) is 23.7 Å². The molecule has 1 aliphatic heterocycles. The molecule has 0 aromatic carbocycles. The molecule has 0 aliphatic carbocycles. The fraction of sp³-hybridized carbons (Fsp3) is 0.500. The molecule has 3 heterocycles. The van der Waals surface area contributed by atoms with Crippen LogP contribution in [-0.4, -0.2) is 46.2 Å². The number of ether oxygens (including phenoxy) is 2. The summed E-state index contributed by atoms with van der Waals surface area (Å²) in [4.78, 5) is 12.1. The van der Waals surface area contributed by atoms with Crippen LogP contribution in [0.25, 0.3) is 0 Å². The van der Waals surface area contributed by atoms with E-state index in [9.17, 15) is 4.79 Å². The van der Waals surface area contributed by atoms with Crippen molar-refractivity contribution in [2.45, 2.75) is 32.5 Å². The van der Waals surface area contributed by atoms with Crippen LogP contribution in [0, 0.1) is 6.92 Å². The lowest BCUT2D eigenvalue weighted by Gasteiger charge is -2.19. The second kappa shape index (κ2) is 6.18. The minimum Gasteiger partial charge on any atom is -0.482 e. The van der Waals surface area contributed by atoms with Gasteiger partial charge in [-0.2, -0.15) is 5.10 Å². The van der Waals surface area contributed by atoms with Crippen LogP contribution in [-0.2, 0) is 11.3 Å². The van der Waals surface area contributed by atoms with Crippen LogP contribution in [0.15, 0.2) is 23.0 Å². The maximum atomic E-state index is 12.1. The highest BCUT2D eigenvalue weighted by molar-refractivity contribution is 5.92. The van der Waals surface area contributed by atoms with Gasteiger partial charge in [-0.15, -0.1) is 0 Å². The Balaban J connectivity index is 1.61. The lowest BCUT2D eigenvalue weighted by atomic mass is 10.2. The number of aryl methyl sites for hydroxylation is 2. The summed E-state index contributed by atoms with van der Waals surface area (Å²) in [6.07, 6.45) is 3.21. The molecule has 118 valence electrons. The molecule has 0 bridgehead atoms. The van der Waals surface area contributed by atoms with Crippen LogP contribution in [0.5, 0.6) is 5.75 Å². The fourth-order valence-electron chi connectivity index (χ4n) is 2.25. The number of nitrogens with one attached hydrogen (secondary N) is 1. The summed E-state index contributed by atoms with van der Waals surface area (Å²) in [6, 6.07) is 1.35. The topological polar surface area (TPSA) is 91.4 Å². The van der Waals surface area contributed by atoms with E-state index in [2.05, 4.69) is 15.6 Å². The first-order chi connectivity index (χ1) is 10.7. The van der Waals surface area contributed by atoms with E-state index in [4.69, 9.17) is 14.0 Å². The SMILES string of the molecule is CCn1cc(O[C@@H]2COC[C@@H]2NC(=O)c2cc(C)on2)cn1. The predicted molar refractivity (Wildman–Crippen MR) is 75.6 cm³/mol. The summed E-state index contributed by atoms with van der Waals surface area (Å²) in [5.74, 6) is 0.951. The minimum absolute atomic E-state index is 0.241. The Morgan fingerprint density at radius 3 is 3.09 bits per heavy atom. The molecule has 3 rings (SSSR count). The lowest BCUT2D eigenvalue weighted by molar-refractivity contribution is 0.0895. The first kappa shape index (κ1) is 14.6. The van der Waals surface area contributed by atoms with Crippen molar-refractivity contribution < 1.29 is 18.8 Å². The van der Waals surface area contributed by atoms with E-state index in [1.807, 2.05) is 13.1 Å². The molecular formula is C14H18N4O4. The smallest absolute Gasteiger partial charge is 0.273 e. The molecule has 1 N–H and O–H groups in total. The van der Waals surface area contributed by atoms with Gasteiger partial charge in [0.15, 0.2) is 11.4 Å². The molecule has 0 unspecified atom stereocenters. The maximum Gasteiger partial charge on any atom is 0.273 e. The van der Waals surface area contributed by atoms with E-state index in [0.717, 1.165) is 6.54 Å². The lowest BCUT2D eigenvalue weighted by Crippen LogP contribution is -2.45. The van der Waals surface area contributed by atoms with Crippen LogP contribution in [0.4, 0.5) is 0 Å². The van der Waals surface area contributed by atoms with Crippen LogP contribution < -0.4 is 10.1 Å². The Bertz CT molecular complexity index is 651. The van der Waals surface area contributed by atoms with Gasteiger partial charge in [-0.1, -0.05) is 5.16 Å². The highest BCUT2D eigenvalue weighted by Gasteiger charge is 2.32. The van der Waals surface area contributed by atoms with Crippen LogP contribution in [0.1, 0.15) is 23.2 Å². The minimum atomic E-state index is -0.301. The summed E-state index contributed by atoms with van der Waals surface area (Å²) >= 11 is 0. The number of hydrogen-bond acceptors (Lipinski definition) is 6. The number of aromatic nitrogens is 3. The van der Waals surface area contributed by atoms with Gasteiger partial charge in [-0.25, -0.2) is 0 Å². The Hall–Kier alpha value is -2.35. The van der Waals surface area contributed by atoms with Gasteiger partial charge in [-0.05, 0) is 13.8 Å². The quantitative estimate of drug-likeness (QED) is 0.877. The number of rotatable bonds is 5. The van der Waals surface area contributed by atoms with Gasteiger partial charge in [0.2, 0.25) is 0 Å². The third-order valence-electron chi connectivity index (χ3n) is 3.43. The molecule has 8 nitrogen and oxygen atoms in total. The summed E-state index contributed by atoms with van der Waals surface area (Å²) < 4.78 is 17.9. The zero-order chi connectivity index (χ0) is 15.5. The largest absolute Gasteiger partial charge is 0.482 e. The van der Waals surface area contributed by atoms with Crippen molar-refractivity contribution in [3.8, 4) is 5.75 Å². The van der Waals surface area contributed by atoms with Gasteiger partial charge in [-0.3, -0.25) is 9.48 Å². The van der Waals surface area contributed by atoms with Gasteiger partial charge in [0, 0.05) is 12.6 Å². The molecule has 1 fully saturated rings. The highest BCUT2D eigenvalue weighted by Crippen LogP contribution is 2.17. The Kier molecular flexibility index (Phi) is 4.10. The van der Waals surface area contributed by atoms with Crippen molar-refractivity contribution >= 4 is 5.91 Å². The number of hydrogen-bond donors (Lipinski definition) is 1. The summed E-state index contributed by atoms with van der Waals surface area (Å²) in [7, 11) is 0. The first-order valence-electron chi connectivity index (χ1n) is 7.16. The summed E-state index contributed by atoms with van der Waals surface area (Å²) in [5, 5.41) is 10.7. The molecule has 8 heteroatoms. The van der Waals surface area contributed by atoms with E-state index < -0.39 is 0 Å². The van der Waals surface area contributed by atoms with Crippen LogP contribution in [0.2, 0.25) is 0 Å². The number of nitrogens with zero attached hydrogens (tertiary/aromatic N) is 3. The number of carbonyl (C=O) groups excluding carboxylic acids is 1. The third kappa shape index (κ3) is 3.11. The molecule has 0 saturated carbocycles. The molecule has 1 saturated heterocycles. The van der Waals surface area contributed by atoms with E-state index in [1.165, 1.54) is 0 Å². The molecule has 2 atom stereocenters. The molecule has 2 aromatic heterocycles. The maximum absolute atomic E-state index is 12.1. The predicted octanol–water partition coefficient (Wildman–Crippen LogP) is 0.776. The van der Waals surface area contributed by atoms with Gasteiger partial charge in [0.1, 0.15) is 11.9 Å². The molecular weight excluding hydrogens is 288 g/mol. The Morgan fingerprint density at radius 1 is 1.55 bits per heavy atom. The van der Waals surface area contributed by atoms with Crippen LogP contribution >= 0.6 is 0 Å². The zero-order valence-corrected chi connectivity index (χ0v) is 12.5. The first-order valence-corrected chi connectivity index (χ1v) is 7.16. The number of carbonyl (C=O) groups is 1. The van der Waals surface area contributed by atoms with Crippen molar-refractivity contribution in [3.05, 3.63) is 29.9 Å². The fourth-order valence-corrected chi connectivity index (χ4v) is 2.25. The van der Waals surface area contributed by atoms with Gasteiger partial charge >= 0.3 is 0 Å². The molecule has 2 aromatic rings. The second-order valence-corrected chi connectivity index (χ2v) is 5.13. The molecule has 1 amide bonds. The van der Waals surface area contributed by atoms with Gasteiger partial charge in [0.05, 0.1) is 31.6 Å². The molecule has 0 spiro atoms. The average Bonchev–Trinajstić information content (AvgIpc) is 3.22. The Morgan fingerprint density at radius 2 is 2.41 bits per heavy atom. The molecule has 0 radical (unpaired) electrons. The molecule has 1 aliphatic rings. The number of amides is 1. The van der Waals surface area contributed by atoms with Gasteiger partial charge in [0.25, 0.3) is 5.91 Å². The highest BCUT2D eigenvalue weighted by atomic mass is 16.5. The van der Waals surface area contributed by atoms with Crippen molar-refractivity contribution in [2.24, 2.45) is 0 Å². The van der Waals surface area contributed by atoms with E-state index >= 15 is 0 Å². The third-order valence-corrected chi connectivity index (χ3v) is 3.43. The monoisotopic (exact) mass is 306 g/mol.